The van der Waals surface area contributed by atoms with E-state index in [2.05, 4.69) is 10.6 Å². The zero-order valence-electron chi connectivity index (χ0n) is 15.5. The standard InChI is InChI=1S/C19H24ClN3O3/c1-19(2,3)22-18(25)21-17(24)12-23(4)11-15-9-10-16(26-15)13-5-7-14(20)8-6-13/h5-10H,11-12H2,1-4H3,(H2,21,22,24,25)/p+1. The Labute approximate surface area is 158 Å². The molecule has 0 saturated carbocycles. The van der Waals surface area contributed by atoms with Crippen LogP contribution in [-0.4, -0.2) is 31.1 Å². The van der Waals surface area contributed by atoms with Gasteiger partial charge in [0.2, 0.25) is 0 Å². The zero-order chi connectivity index (χ0) is 19.3. The molecule has 7 heteroatoms. The number of rotatable bonds is 5. The van der Waals surface area contributed by atoms with E-state index < -0.39 is 11.6 Å². The summed E-state index contributed by atoms with van der Waals surface area (Å²) in [6.45, 7) is 6.24. The van der Waals surface area contributed by atoms with Crippen molar-refractivity contribution in [3.8, 4) is 11.3 Å². The van der Waals surface area contributed by atoms with Gasteiger partial charge in [-0.25, -0.2) is 4.79 Å². The summed E-state index contributed by atoms with van der Waals surface area (Å²) in [6.07, 6.45) is 0. The van der Waals surface area contributed by atoms with Crippen molar-refractivity contribution in [1.82, 2.24) is 10.6 Å². The van der Waals surface area contributed by atoms with Crippen LogP contribution in [0, 0.1) is 0 Å². The van der Waals surface area contributed by atoms with Gasteiger partial charge in [0.1, 0.15) is 12.3 Å². The third-order valence-electron chi connectivity index (χ3n) is 3.47. The number of imide groups is 1. The first-order valence-corrected chi connectivity index (χ1v) is 8.78. The first-order chi connectivity index (χ1) is 12.1. The molecule has 3 amide bonds. The molecule has 0 spiro atoms. The van der Waals surface area contributed by atoms with Crippen molar-refractivity contribution in [2.24, 2.45) is 0 Å². The second-order valence-corrected chi connectivity index (χ2v) is 7.77. The van der Waals surface area contributed by atoms with E-state index in [1.54, 1.807) is 0 Å². The van der Waals surface area contributed by atoms with E-state index in [9.17, 15) is 9.59 Å². The topological polar surface area (TPSA) is 75.8 Å². The van der Waals surface area contributed by atoms with Gasteiger partial charge in [-0.2, -0.15) is 0 Å². The van der Waals surface area contributed by atoms with Gasteiger partial charge in [0.15, 0.2) is 12.3 Å². The lowest BCUT2D eigenvalue weighted by Crippen LogP contribution is -3.09. The first-order valence-electron chi connectivity index (χ1n) is 8.40. The van der Waals surface area contributed by atoms with Gasteiger partial charge in [-0.05, 0) is 57.2 Å². The number of carbonyl (C=O) groups excluding carboxylic acids is 2. The number of carbonyl (C=O) groups is 2. The van der Waals surface area contributed by atoms with Crippen LogP contribution in [0.5, 0.6) is 0 Å². The number of halogens is 1. The molecule has 1 heterocycles. The number of urea groups is 1. The summed E-state index contributed by atoms with van der Waals surface area (Å²) < 4.78 is 5.83. The Hall–Kier alpha value is -2.31. The SMILES string of the molecule is C[NH+](CC(=O)NC(=O)NC(C)(C)C)Cc1ccc(-c2ccc(Cl)cc2)o1. The fourth-order valence-corrected chi connectivity index (χ4v) is 2.54. The van der Waals surface area contributed by atoms with E-state index in [-0.39, 0.29) is 12.5 Å². The average molecular weight is 379 g/mol. The van der Waals surface area contributed by atoms with Crippen molar-refractivity contribution in [3.05, 3.63) is 47.2 Å². The largest absolute Gasteiger partial charge is 0.455 e. The fourth-order valence-electron chi connectivity index (χ4n) is 2.42. The lowest BCUT2D eigenvalue weighted by atomic mass is 10.1. The molecule has 26 heavy (non-hydrogen) atoms. The predicted octanol–water partition coefficient (Wildman–Crippen LogP) is 2.24. The normalized spacial score (nSPS) is 12.5. The minimum absolute atomic E-state index is 0.161. The smallest absolute Gasteiger partial charge is 0.322 e. The third kappa shape index (κ3) is 6.54. The molecule has 2 aromatic rings. The van der Waals surface area contributed by atoms with E-state index in [0.717, 1.165) is 22.0 Å². The molecule has 0 aliphatic rings. The van der Waals surface area contributed by atoms with E-state index >= 15 is 0 Å². The molecular formula is C19H25ClN3O3+. The Morgan fingerprint density at radius 2 is 1.77 bits per heavy atom. The minimum atomic E-state index is -0.488. The van der Waals surface area contributed by atoms with Crippen molar-refractivity contribution in [2.75, 3.05) is 13.6 Å². The lowest BCUT2D eigenvalue weighted by Gasteiger charge is -2.20. The molecule has 0 fully saturated rings. The summed E-state index contributed by atoms with van der Waals surface area (Å²) in [5, 5.41) is 5.70. The first kappa shape index (κ1) is 20.0. The molecule has 2 rings (SSSR count). The third-order valence-corrected chi connectivity index (χ3v) is 3.72. The number of amides is 3. The summed E-state index contributed by atoms with van der Waals surface area (Å²) >= 11 is 5.89. The monoisotopic (exact) mass is 378 g/mol. The van der Waals surface area contributed by atoms with Crippen molar-refractivity contribution < 1.29 is 18.9 Å². The van der Waals surface area contributed by atoms with Crippen LogP contribution >= 0.6 is 11.6 Å². The highest BCUT2D eigenvalue weighted by atomic mass is 35.5. The number of hydrogen-bond donors (Lipinski definition) is 3. The van der Waals surface area contributed by atoms with Gasteiger partial charge in [-0.3, -0.25) is 10.1 Å². The molecule has 1 aromatic heterocycles. The summed E-state index contributed by atoms with van der Waals surface area (Å²) in [5.74, 6) is 1.17. The van der Waals surface area contributed by atoms with Crippen LogP contribution < -0.4 is 15.5 Å². The second-order valence-electron chi connectivity index (χ2n) is 7.34. The molecule has 0 aliphatic heterocycles. The highest BCUT2D eigenvalue weighted by molar-refractivity contribution is 6.30. The highest BCUT2D eigenvalue weighted by Gasteiger charge is 2.18. The maximum absolute atomic E-state index is 12.0. The Morgan fingerprint density at radius 1 is 1.12 bits per heavy atom. The molecule has 1 aromatic carbocycles. The highest BCUT2D eigenvalue weighted by Crippen LogP contribution is 2.23. The molecule has 0 radical (unpaired) electrons. The molecule has 0 aliphatic carbocycles. The molecule has 3 N–H and O–H groups in total. The molecule has 1 unspecified atom stereocenters. The lowest BCUT2D eigenvalue weighted by molar-refractivity contribution is -0.886. The molecule has 140 valence electrons. The van der Waals surface area contributed by atoms with E-state index in [0.29, 0.717) is 11.6 Å². The zero-order valence-corrected chi connectivity index (χ0v) is 16.2. The van der Waals surface area contributed by atoms with Gasteiger partial charge in [-0.15, -0.1) is 0 Å². The number of hydrogen-bond acceptors (Lipinski definition) is 3. The van der Waals surface area contributed by atoms with Gasteiger partial charge in [0.05, 0.1) is 7.05 Å². The predicted molar refractivity (Wildman–Crippen MR) is 101 cm³/mol. The van der Waals surface area contributed by atoms with Crippen molar-refractivity contribution in [3.63, 3.8) is 0 Å². The van der Waals surface area contributed by atoms with E-state index in [1.807, 2.05) is 64.2 Å². The summed E-state index contributed by atoms with van der Waals surface area (Å²) in [4.78, 5) is 24.6. The Bertz CT molecular complexity index is 763. The van der Waals surface area contributed by atoms with Gasteiger partial charge in [-0.1, -0.05) is 11.6 Å². The van der Waals surface area contributed by atoms with E-state index in [4.69, 9.17) is 16.0 Å². The van der Waals surface area contributed by atoms with Crippen LogP contribution in [0.1, 0.15) is 26.5 Å². The maximum atomic E-state index is 12.0. The quantitative estimate of drug-likeness (QED) is 0.746. The van der Waals surface area contributed by atoms with Crippen molar-refractivity contribution in [2.45, 2.75) is 32.9 Å². The Balaban J connectivity index is 1.86. The van der Waals surface area contributed by atoms with E-state index in [1.165, 1.54) is 0 Å². The molecule has 0 bridgehead atoms. The fraction of sp³-hybridized carbons (Fsp3) is 0.368. The summed E-state index contributed by atoms with van der Waals surface area (Å²) in [7, 11) is 1.87. The molecule has 0 saturated heterocycles. The average Bonchev–Trinajstić information content (AvgIpc) is 2.93. The molecule has 6 nitrogen and oxygen atoms in total. The second kappa shape index (κ2) is 8.38. The van der Waals surface area contributed by atoms with Gasteiger partial charge >= 0.3 is 6.03 Å². The van der Waals surface area contributed by atoms with Crippen LogP contribution in [0.3, 0.4) is 0 Å². The Kier molecular flexibility index (Phi) is 6.45. The van der Waals surface area contributed by atoms with Crippen LogP contribution in [0.2, 0.25) is 5.02 Å². The number of likely N-dealkylation sites (N-methyl/N-ethyl adjacent to an activating group) is 1. The number of quaternary nitrogens is 1. The van der Waals surface area contributed by atoms with Crippen LogP contribution in [-0.2, 0) is 11.3 Å². The van der Waals surface area contributed by atoms with Crippen LogP contribution in [0.15, 0.2) is 40.8 Å². The van der Waals surface area contributed by atoms with Crippen molar-refractivity contribution >= 4 is 23.5 Å². The van der Waals surface area contributed by atoms with Gasteiger partial charge in [0.25, 0.3) is 5.91 Å². The number of benzene rings is 1. The van der Waals surface area contributed by atoms with Crippen LogP contribution in [0.25, 0.3) is 11.3 Å². The van der Waals surface area contributed by atoms with Gasteiger partial charge < -0.3 is 14.6 Å². The van der Waals surface area contributed by atoms with Gasteiger partial charge in [0, 0.05) is 16.1 Å². The molecular weight excluding hydrogens is 354 g/mol. The Morgan fingerprint density at radius 3 is 2.38 bits per heavy atom. The number of nitrogens with one attached hydrogen (secondary N) is 3. The van der Waals surface area contributed by atoms with Crippen LogP contribution in [0.4, 0.5) is 4.79 Å². The minimum Gasteiger partial charge on any atom is -0.455 e. The number of furan rings is 1. The summed E-state index contributed by atoms with van der Waals surface area (Å²) in [6, 6.07) is 10.7. The summed E-state index contributed by atoms with van der Waals surface area (Å²) in [5.41, 5.74) is 0.546. The van der Waals surface area contributed by atoms with Crippen molar-refractivity contribution in [1.29, 1.82) is 0 Å². The molecule has 1 atom stereocenters. The maximum Gasteiger partial charge on any atom is 0.322 e.